The molecule has 2 atom stereocenters. The molecule has 0 rings (SSSR count). The van der Waals surface area contributed by atoms with E-state index in [-0.39, 0.29) is 18.8 Å². The fourth-order valence-electron chi connectivity index (χ4n) is 1.15. The number of hydrogen-bond donors (Lipinski definition) is 2. The highest BCUT2D eigenvalue weighted by molar-refractivity contribution is 4.72. The lowest BCUT2D eigenvalue weighted by Gasteiger charge is -2.22. The van der Waals surface area contributed by atoms with Gasteiger partial charge < -0.3 is 15.6 Å². The van der Waals surface area contributed by atoms with Crippen molar-refractivity contribution in [3.05, 3.63) is 0 Å². The van der Waals surface area contributed by atoms with Crippen molar-refractivity contribution in [2.45, 2.75) is 45.8 Å². The lowest BCUT2D eigenvalue weighted by atomic mass is 10.1. The maximum atomic E-state index is 9.03. The number of aliphatic hydroxyl groups excluding tert-OH is 1. The molecule has 0 aromatic carbocycles. The molecular formula is C10H23NO2. The number of hydrogen-bond acceptors (Lipinski definition) is 3. The second kappa shape index (κ2) is 7.30. The average molecular weight is 189 g/mol. The Hall–Kier alpha value is -0.120. The van der Waals surface area contributed by atoms with Crippen LogP contribution in [-0.4, -0.2) is 30.5 Å². The van der Waals surface area contributed by atoms with Crippen molar-refractivity contribution in [2.75, 3.05) is 13.2 Å². The number of nitrogens with two attached hydrogens (primary N) is 1. The molecule has 0 radical (unpaired) electrons. The van der Waals surface area contributed by atoms with Crippen LogP contribution in [0.15, 0.2) is 0 Å². The SMILES string of the molecule is CCCC(N)C(CO)OCC(C)C. The van der Waals surface area contributed by atoms with Crippen LogP contribution >= 0.6 is 0 Å². The van der Waals surface area contributed by atoms with Crippen molar-refractivity contribution in [2.24, 2.45) is 11.7 Å². The molecule has 0 heterocycles. The third-order valence-corrected chi connectivity index (χ3v) is 1.92. The molecule has 0 aliphatic rings. The second-order valence-corrected chi connectivity index (χ2v) is 3.90. The first kappa shape index (κ1) is 12.9. The van der Waals surface area contributed by atoms with E-state index >= 15 is 0 Å². The molecule has 0 aliphatic heterocycles. The van der Waals surface area contributed by atoms with Crippen molar-refractivity contribution in [1.29, 1.82) is 0 Å². The van der Waals surface area contributed by atoms with E-state index < -0.39 is 0 Å². The van der Waals surface area contributed by atoms with Crippen LogP contribution in [0.1, 0.15) is 33.6 Å². The van der Waals surface area contributed by atoms with Gasteiger partial charge in [-0.15, -0.1) is 0 Å². The summed E-state index contributed by atoms with van der Waals surface area (Å²) in [6.45, 7) is 6.94. The molecular weight excluding hydrogens is 166 g/mol. The number of ether oxygens (including phenoxy) is 1. The summed E-state index contributed by atoms with van der Waals surface area (Å²) in [4.78, 5) is 0. The minimum absolute atomic E-state index is 0.0217. The van der Waals surface area contributed by atoms with Crippen LogP contribution in [0.2, 0.25) is 0 Å². The largest absolute Gasteiger partial charge is 0.394 e. The van der Waals surface area contributed by atoms with E-state index in [1.807, 2.05) is 0 Å². The van der Waals surface area contributed by atoms with Crippen LogP contribution in [0, 0.1) is 5.92 Å². The zero-order valence-corrected chi connectivity index (χ0v) is 8.99. The van der Waals surface area contributed by atoms with Gasteiger partial charge in [-0.25, -0.2) is 0 Å². The van der Waals surface area contributed by atoms with Gasteiger partial charge in [-0.3, -0.25) is 0 Å². The maximum Gasteiger partial charge on any atom is 0.0956 e. The summed E-state index contributed by atoms with van der Waals surface area (Å²) in [5.74, 6) is 0.489. The zero-order valence-electron chi connectivity index (χ0n) is 8.99. The van der Waals surface area contributed by atoms with Gasteiger partial charge in [0.1, 0.15) is 0 Å². The van der Waals surface area contributed by atoms with E-state index in [0.717, 1.165) is 12.8 Å². The second-order valence-electron chi connectivity index (χ2n) is 3.90. The number of rotatable bonds is 7. The van der Waals surface area contributed by atoms with Gasteiger partial charge >= 0.3 is 0 Å². The summed E-state index contributed by atoms with van der Waals surface area (Å²) < 4.78 is 5.49. The standard InChI is InChI=1S/C10H23NO2/c1-4-5-9(11)10(6-12)13-7-8(2)3/h8-10,12H,4-7,11H2,1-3H3. The highest BCUT2D eigenvalue weighted by Crippen LogP contribution is 2.05. The van der Waals surface area contributed by atoms with Crippen LogP contribution in [0.4, 0.5) is 0 Å². The fourth-order valence-corrected chi connectivity index (χ4v) is 1.15. The third kappa shape index (κ3) is 6.02. The van der Waals surface area contributed by atoms with Gasteiger partial charge in [-0.1, -0.05) is 27.2 Å². The summed E-state index contributed by atoms with van der Waals surface area (Å²) in [5.41, 5.74) is 5.84. The molecule has 0 amide bonds. The summed E-state index contributed by atoms with van der Waals surface area (Å²) >= 11 is 0. The average Bonchev–Trinajstić information content (AvgIpc) is 2.05. The lowest BCUT2D eigenvalue weighted by molar-refractivity contribution is -0.0153. The van der Waals surface area contributed by atoms with Crippen LogP contribution in [-0.2, 0) is 4.74 Å². The Morgan fingerprint density at radius 1 is 1.38 bits per heavy atom. The molecule has 0 saturated carbocycles. The monoisotopic (exact) mass is 189 g/mol. The minimum atomic E-state index is -0.192. The van der Waals surface area contributed by atoms with Crippen molar-refractivity contribution < 1.29 is 9.84 Å². The van der Waals surface area contributed by atoms with Gasteiger partial charge in [0.25, 0.3) is 0 Å². The number of aliphatic hydroxyl groups is 1. The molecule has 3 N–H and O–H groups in total. The Morgan fingerprint density at radius 3 is 2.38 bits per heavy atom. The first-order chi connectivity index (χ1) is 6.11. The third-order valence-electron chi connectivity index (χ3n) is 1.92. The van der Waals surface area contributed by atoms with E-state index in [9.17, 15) is 0 Å². The molecule has 0 bridgehead atoms. The molecule has 0 aromatic rings. The van der Waals surface area contributed by atoms with E-state index in [1.165, 1.54) is 0 Å². The van der Waals surface area contributed by atoms with Crippen LogP contribution in [0.25, 0.3) is 0 Å². The van der Waals surface area contributed by atoms with Crippen LogP contribution < -0.4 is 5.73 Å². The van der Waals surface area contributed by atoms with E-state index in [4.69, 9.17) is 15.6 Å². The summed E-state index contributed by atoms with van der Waals surface area (Å²) in [6.07, 6.45) is 1.74. The van der Waals surface area contributed by atoms with Gasteiger partial charge in [-0.2, -0.15) is 0 Å². The molecule has 80 valence electrons. The van der Waals surface area contributed by atoms with Crippen LogP contribution in [0.3, 0.4) is 0 Å². The molecule has 0 aliphatic carbocycles. The van der Waals surface area contributed by atoms with Gasteiger partial charge in [0.15, 0.2) is 0 Å². The minimum Gasteiger partial charge on any atom is -0.394 e. The van der Waals surface area contributed by atoms with Gasteiger partial charge in [0, 0.05) is 12.6 Å². The Bertz CT molecular complexity index is 117. The smallest absolute Gasteiger partial charge is 0.0956 e. The summed E-state index contributed by atoms with van der Waals surface area (Å²) in [5, 5.41) is 9.03. The van der Waals surface area contributed by atoms with E-state index in [2.05, 4.69) is 20.8 Å². The molecule has 3 heteroatoms. The normalized spacial score (nSPS) is 16.2. The van der Waals surface area contributed by atoms with E-state index in [1.54, 1.807) is 0 Å². The predicted octanol–water partition coefficient (Wildman–Crippen LogP) is 1.15. The van der Waals surface area contributed by atoms with Crippen molar-refractivity contribution in [3.8, 4) is 0 Å². The Kier molecular flexibility index (Phi) is 7.23. The molecule has 2 unspecified atom stereocenters. The zero-order chi connectivity index (χ0) is 10.3. The van der Waals surface area contributed by atoms with Crippen molar-refractivity contribution >= 4 is 0 Å². The molecule has 0 fully saturated rings. The molecule has 0 saturated heterocycles. The van der Waals surface area contributed by atoms with Gasteiger partial charge in [-0.05, 0) is 12.3 Å². The molecule has 3 nitrogen and oxygen atoms in total. The fraction of sp³-hybridized carbons (Fsp3) is 1.00. The van der Waals surface area contributed by atoms with Gasteiger partial charge in [0.05, 0.1) is 12.7 Å². The highest BCUT2D eigenvalue weighted by Gasteiger charge is 2.16. The van der Waals surface area contributed by atoms with Crippen LogP contribution in [0.5, 0.6) is 0 Å². The predicted molar refractivity (Wildman–Crippen MR) is 54.5 cm³/mol. The summed E-state index contributed by atoms with van der Waals surface area (Å²) in [6, 6.07) is -0.0336. The van der Waals surface area contributed by atoms with Crippen molar-refractivity contribution in [1.82, 2.24) is 0 Å². The Balaban J connectivity index is 3.73. The first-order valence-electron chi connectivity index (χ1n) is 5.09. The Morgan fingerprint density at radius 2 is 2.00 bits per heavy atom. The van der Waals surface area contributed by atoms with Crippen molar-refractivity contribution in [3.63, 3.8) is 0 Å². The lowest BCUT2D eigenvalue weighted by Crippen LogP contribution is -2.39. The molecule has 13 heavy (non-hydrogen) atoms. The highest BCUT2D eigenvalue weighted by atomic mass is 16.5. The Labute approximate surface area is 81.3 Å². The first-order valence-corrected chi connectivity index (χ1v) is 5.09. The topological polar surface area (TPSA) is 55.5 Å². The van der Waals surface area contributed by atoms with Gasteiger partial charge in [0.2, 0.25) is 0 Å². The summed E-state index contributed by atoms with van der Waals surface area (Å²) in [7, 11) is 0. The quantitative estimate of drug-likeness (QED) is 0.631. The maximum absolute atomic E-state index is 9.03. The molecule has 0 spiro atoms. The van der Waals surface area contributed by atoms with E-state index in [0.29, 0.717) is 12.5 Å². The molecule has 0 aromatic heterocycles.